The maximum Gasteiger partial charge on any atom is 0.351 e. The third-order valence-corrected chi connectivity index (χ3v) is 4.99. The average molecular weight is 222 g/mol. The van der Waals surface area contributed by atoms with Crippen molar-refractivity contribution in [3.05, 3.63) is 0 Å². The summed E-state index contributed by atoms with van der Waals surface area (Å²) in [6.07, 6.45) is 1.38. The first-order chi connectivity index (χ1) is 4.77. The van der Waals surface area contributed by atoms with E-state index >= 15 is 0 Å². The van der Waals surface area contributed by atoms with Gasteiger partial charge in [0.1, 0.15) is 0 Å². The van der Waals surface area contributed by atoms with Crippen molar-refractivity contribution in [1.82, 2.24) is 0 Å². The van der Waals surface area contributed by atoms with Crippen molar-refractivity contribution >= 4 is 27.2 Å². The van der Waals surface area contributed by atoms with Gasteiger partial charge in [-0.25, -0.2) is 3.97 Å². The number of rotatable bonds is 4. The van der Waals surface area contributed by atoms with E-state index < -0.39 is 21.1 Å². The van der Waals surface area contributed by atoms with E-state index in [4.69, 9.17) is 14.7 Å². The van der Waals surface area contributed by atoms with Gasteiger partial charge in [0.05, 0.1) is 0 Å². The Kier molecular flexibility index (Phi) is 4.29. The predicted octanol–water partition coefficient (Wildman–Crippen LogP) is 0.602. The lowest BCUT2D eigenvalue weighted by atomic mass is 11.9. The molecule has 0 bridgehead atoms. The maximum absolute atomic E-state index is 10.6. The Hall–Kier alpha value is 0.650. The minimum Gasteiger partial charge on any atom is -0.324 e. The first-order valence-corrected chi connectivity index (χ1v) is 7.07. The number of hydrogen-bond donors (Lipinski definition) is 3. The first kappa shape index (κ1) is 11.6. The van der Waals surface area contributed by atoms with Crippen molar-refractivity contribution in [2.45, 2.75) is 0 Å². The Morgan fingerprint density at radius 3 is 2.09 bits per heavy atom. The van der Waals surface area contributed by atoms with Crippen molar-refractivity contribution in [2.75, 3.05) is 12.2 Å². The zero-order valence-corrected chi connectivity index (χ0v) is 8.18. The van der Waals surface area contributed by atoms with Crippen LogP contribution in [0.5, 0.6) is 0 Å². The molecule has 0 amide bonds. The van der Waals surface area contributed by atoms with Crippen LogP contribution in [0.2, 0.25) is 0 Å². The lowest BCUT2D eigenvalue weighted by molar-refractivity contribution is 0.367. The fourth-order valence-electron chi connectivity index (χ4n) is 0.373. The largest absolute Gasteiger partial charge is 0.351 e. The monoisotopic (exact) mass is 222 g/mol. The van der Waals surface area contributed by atoms with Crippen LogP contribution in [0.4, 0.5) is 0 Å². The summed E-state index contributed by atoms with van der Waals surface area (Å²) in [6, 6.07) is 0. The molecule has 0 fully saturated rings. The molecule has 0 aliphatic rings. The predicted molar refractivity (Wildman–Crippen MR) is 41.3 cm³/mol. The Morgan fingerprint density at radius 2 is 1.82 bits per heavy atom. The minimum absolute atomic E-state index is 0.593. The molecular weight excluding hydrogens is 214 g/mol. The summed E-state index contributed by atoms with van der Waals surface area (Å²) in [6.45, 7) is 0. The lowest BCUT2D eigenvalue weighted by Crippen LogP contribution is -1.90. The molecule has 6 nitrogen and oxygen atoms in total. The van der Waals surface area contributed by atoms with E-state index in [0.717, 1.165) is 0 Å². The summed E-state index contributed by atoms with van der Waals surface area (Å²) < 4.78 is 25.0. The molecule has 0 heterocycles. The van der Waals surface area contributed by atoms with E-state index in [2.05, 4.69) is 3.97 Å². The second-order valence-electron chi connectivity index (χ2n) is 1.68. The van der Waals surface area contributed by atoms with Gasteiger partial charge >= 0.3 is 15.2 Å². The van der Waals surface area contributed by atoms with Gasteiger partial charge in [0.15, 0.2) is 5.90 Å². The van der Waals surface area contributed by atoms with Crippen molar-refractivity contribution in [1.29, 1.82) is 0 Å². The van der Waals surface area contributed by atoms with Gasteiger partial charge in [-0.3, -0.25) is 9.13 Å². The zero-order valence-electron chi connectivity index (χ0n) is 5.58. The van der Waals surface area contributed by atoms with Crippen molar-refractivity contribution in [3.8, 4) is 0 Å². The van der Waals surface area contributed by atoms with E-state index in [1.807, 2.05) is 0 Å². The molecule has 0 aromatic rings. The van der Waals surface area contributed by atoms with Gasteiger partial charge in [-0.1, -0.05) is 0 Å². The molecule has 0 aromatic carbocycles. The van der Waals surface area contributed by atoms with E-state index in [9.17, 15) is 9.13 Å². The molecule has 9 heteroatoms. The summed E-state index contributed by atoms with van der Waals surface area (Å²) in [5, 5.41) is 0. The molecule has 0 saturated carbocycles. The second-order valence-corrected chi connectivity index (χ2v) is 6.35. The quantitative estimate of drug-likeness (QED) is 0.472. The summed E-state index contributed by atoms with van der Waals surface area (Å²) in [5.41, 5.74) is 0. The molecule has 0 saturated heterocycles. The molecule has 3 N–H and O–H groups in total. The molecule has 0 rings (SSSR count). The molecule has 0 aliphatic heterocycles. The van der Waals surface area contributed by atoms with Crippen molar-refractivity contribution < 1.29 is 27.8 Å². The molecule has 0 aromatic heterocycles. The summed E-state index contributed by atoms with van der Waals surface area (Å²) in [5.74, 6) is -1.14. The Bertz CT molecular complexity index is 209. The topological polar surface area (TPSA) is 104 Å². The lowest BCUT2D eigenvalue weighted by Gasteiger charge is -2.09. The van der Waals surface area contributed by atoms with Gasteiger partial charge in [0, 0.05) is 6.26 Å². The second kappa shape index (κ2) is 4.05. The van der Waals surface area contributed by atoms with Gasteiger partial charge in [-0.15, -0.1) is 0 Å². The summed E-state index contributed by atoms with van der Waals surface area (Å²) in [4.78, 5) is 25.2. The standard InChI is InChI=1S/C2H8O6P2S/c1-11-8-10(6,7)2-9(3,4)5/h2H2,1H3,(H,6,7)(H2,3,4,5). The van der Waals surface area contributed by atoms with Crippen LogP contribution >= 0.6 is 27.2 Å². The van der Waals surface area contributed by atoms with Crippen molar-refractivity contribution in [3.63, 3.8) is 0 Å². The Balaban J connectivity index is 4.14. The van der Waals surface area contributed by atoms with Gasteiger partial charge in [-0.05, 0) is 12.0 Å². The van der Waals surface area contributed by atoms with Gasteiger partial charge in [-0.2, -0.15) is 0 Å². The van der Waals surface area contributed by atoms with Crippen LogP contribution in [0.25, 0.3) is 0 Å². The van der Waals surface area contributed by atoms with Gasteiger partial charge in [0.25, 0.3) is 0 Å². The molecule has 0 aliphatic carbocycles. The van der Waals surface area contributed by atoms with Crippen LogP contribution in [0.1, 0.15) is 0 Å². The third-order valence-electron chi connectivity index (χ3n) is 0.554. The minimum atomic E-state index is -4.47. The van der Waals surface area contributed by atoms with Crippen LogP contribution in [0.3, 0.4) is 0 Å². The van der Waals surface area contributed by atoms with Crippen LogP contribution in [-0.4, -0.2) is 26.8 Å². The van der Waals surface area contributed by atoms with E-state index in [0.29, 0.717) is 12.0 Å². The van der Waals surface area contributed by atoms with E-state index in [1.165, 1.54) is 6.26 Å². The summed E-state index contributed by atoms with van der Waals surface area (Å²) >= 11 is 0.593. The van der Waals surface area contributed by atoms with E-state index in [-0.39, 0.29) is 0 Å². The van der Waals surface area contributed by atoms with Crippen LogP contribution in [-0.2, 0) is 13.1 Å². The number of hydrogen-bond acceptors (Lipinski definition) is 4. The highest BCUT2D eigenvalue weighted by molar-refractivity contribution is 7.98. The first-order valence-electron chi connectivity index (χ1n) is 2.36. The molecule has 11 heavy (non-hydrogen) atoms. The SMILES string of the molecule is CSOP(=O)(O)CP(=O)(O)O. The van der Waals surface area contributed by atoms with Gasteiger partial charge in [0.2, 0.25) is 0 Å². The highest BCUT2D eigenvalue weighted by Crippen LogP contribution is 2.56. The van der Waals surface area contributed by atoms with Crippen LogP contribution < -0.4 is 0 Å². The Labute approximate surface area is 67.9 Å². The fourth-order valence-corrected chi connectivity index (χ4v) is 3.78. The molecule has 1 unspecified atom stereocenters. The highest BCUT2D eigenvalue weighted by atomic mass is 32.2. The summed E-state index contributed by atoms with van der Waals surface area (Å²) in [7, 11) is -8.58. The normalized spacial score (nSPS) is 17.8. The molecular formula is C2H8O6P2S. The zero-order chi connectivity index (χ0) is 9.12. The Morgan fingerprint density at radius 1 is 1.36 bits per heavy atom. The van der Waals surface area contributed by atoms with Crippen LogP contribution in [0.15, 0.2) is 0 Å². The van der Waals surface area contributed by atoms with Crippen LogP contribution in [0, 0.1) is 0 Å². The maximum atomic E-state index is 10.6. The molecule has 68 valence electrons. The average Bonchev–Trinajstić information content (AvgIpc) is 1.55. The third kappa shape index (κ3) is 7.03. The highest BCUT2D eigenvalue weighted by Gasteiger charge is 2.30. The smallest absolute Gasteiger partial charge is 0.324 e. The molecule has 0 spiro atoms. The fraction of sp³-hybridized carbons (Fsp3) is 1.00. The van der Waals surface area contributed by atoms with Crippen molar-refractivity contribution in [2.24, 2.45) is 0 Å². The molecule has 1 atom stereocenters. The van der Waals surface area contributed by atoms with Gasteiger partial charge < -0.3 is 14.7 Å². The molecule has 0 radical (unpaired) electrons. The van der Waals surface area contributed by atoms with E-state index in [1.54, 1.807) is 0 Å².